The van der Waals surface area contributed by atoms with Gasteiger partial charge in [0.25, 0.3) is 5.91 Å². The molecule has 4 rings (SSSR count). The zero-order chi connectivity index (χ0) is 23.7. The van der Waals surface area contributed by atoms with Crippen LogP contribution in [0.5, 0.6) is 0 Å². The quantitative estimate of drug-likeness (QED) is 0.327. The lowest BCUT2D eigenvalue weighted by Crippen LogP contribution is -2.16. The minimum atomic E-state index is -0.794. The Morgan fingerprint density at radius 2 is 1.76 bits per heavy atom. The van der Waals surface area contributed by atoms with E-state index in [0.717, 1.165) is 10.5 Å². The lowest BCUT2D eigenvalue weighted by Gasteiger charge is -2.16. The second-order valence-electron chi connectivity index (χ2n) is 7.24. The third-order valence-electron chi connectivity index (χ3n) is 5.18. The molecule has 1 N–H and O–H groups in total. The Bertz CT molecular complexity index is 1420. The molecule has 0 atom stereocenters. The maximum absolute atomic E-state index is 14.6. The van der Waals surface area contributed by atoms with Crippen LogP contribution in [0, 0.1) is 18.6 Å². The molecule has 0 saturated carbocycles. The van der Waals surface area contributed by atoms with Crippen LogP contribution in [0.15, 0.2) is 65.1 Å². The van der Waals surface area contributed by atoms with Crippen molar-refractivity contribution in [3.05, 3.63) is 93.5 Å². The maximum atomic E-state index is 14.6. The number of ether oxygens (including phenoxy) is 1. The van der Waals surface area contributed by atoms with E-state index >= 15 is 0 Å². The number of anilines is 1. The number of esters is 1. The third-order valence-corrected chi connectivity index (χ3v) is 5.68. The van der Waals surface area contributed by atoms with E-state index in [1.54, 1.807) is 43.3 Å². The lowest BCUT2D eigenvalue weighted by molar-refractivity contribution is 0.0600. The zero-order valence-electron chi connectivity index (χ0n) is 17.6. The van der Waals surface area contributed by atoms with Crippen molar-refractivity contribution in [3.8, 4) is 11.3 Å². The highest BCUT2D eigenvalue weighted by atomic mass is 79.9. The van der Waals surface area contributed by atoms with Gasteiger partial charge in [-0.1, -0.05) is 28.1 Å². The monoisotopic (exact) mass is 510 g/mol. The fourth-order valence-corrected chi connectivity index (χ4v) is 3.95. The molecule has 166 valence electrons. The first-order chi connectivity index (χ1) is 15.8. The number of hydrogen-bond donors (Lipinski definition) is 1. The summed E-state index contributed by atoms with van der Waals surface area (Å²) < 4.78 is 34.5. The van der Waals surface area contributed by atoms with Crippen molar-refractivity contribution in [2.45, 2.75) is 6.92 Å². The molecule has 0 bridgehead atoms. The zero-order valence-corrected chi connectivity index (χ0v) is 19.2. The molecule has 0 radical (unpaired) electrons. The first-order valence-corrected chi connectivity index (χ1v) is 10.6. The number of methoxy groups -OCH3 is 1. The Morgan fingerprint density at radius 1 is 1.00 bits per heavy atom. The van der Waals surface area contributed by atoms with Crippen LogP contribution in [0.4, 0.5) is 14.5 Å². The van der Waals surface area contributed by atoms with Crippen molar-refractivity contribution < 1.29 is 23.1 Å². The third kappa shape index (κ3) is 4.34. The van der Waals surface area contributed by atoms with E-state index in [-0.39, 0.29) is 22.4 Å². The van der Waals surface area contributed by atoms with Crippen LogP contribution in [0.1, 0.15) is 26.3 Å². The number of carbonyl (C=O) groups excluding carboxylic acids is 2. The van der Waals surface area contributed by atoms with E-state index in [4.69, 9.17) is 0 Å². The lowest BCUT2D eigenvalue weighted by atomic mass is 9.97. The summed E-state index contributed by atoms with van der Waals surface area (Å²) in [5.74, 6) is -2.56. The van der Waals surface area contributed by atoms with Gasteiger partial charge in [0.05, 0.1) is 35.1 Å². The summed E-state index contributed by atoms with van der Waals surface area (Å²) in [4.78, 5) is 29.6. The van der Waals surface area contributed by atoms with Crippen molar-refractivity contribution in [2.75, 3.05) is 12.4 Å². The van der Waals surface area contributed by atoms with E-state index in [2.05, 4.69) is 31.0 Å². The predicted octanol–water partition coefficient (Wildman–Crippen LogP) is 6.29. The van der Waals surface area contributed by atoms with Gasteiger partial charge in [-0.3, -0.25) is 4.79 Å². The second-order valence-corrected chi connectivity index (χ2v) is 8.16. The molecule has 0 aliphatic carbocycles. The fraction of sp³-hybridized carbons (Fsp3) is 0.0800. The van der Waals surface area contributed by atoms with Gasteiger partial charge in [-0.2, -0.15) is 0 Å². The van der Waals surface area contributed by atoms with E-state index < -0.39 is 23.5 Å². The Kier molecular flexibility index (Phi) is 6.20. The first-order valence-electron chi connectivity index (χ1n) is 9.84. The van der Waals surface area contributed by atoms with Gasteiger partial charge >= 0.3 is 5.97 Å². The summed E-state index contributed by atoms with van der Waals surface area (Å²) in [6.45, 7) is 1.67. The molecule has 1 aromatic heterocycles. The van der Waals surface area contributed by atoms with Gasteiger partial charge < -0.3 is 10.1 Å². The van der Waals surface area contributed by atoms with Crippen LogP contribution in [0.25, 0.3) is 22.2 Å². The molecular weight excluding hydrogens is 494 g/mol. The molecular formula is C25H17BrF2N2O3. The largest absolute Gasteiger partial charge is 0.465 e. The summed E-state index contributed by atoms with van der Waals surface area (Å²) in [7, 11) is 1.19. The highest BCUT2D eigenvalue weighted by Crippen LogP contribution is 2.33. The number of pyridine rings is 1. The van der Waals surface area contributed by atoms with E-state index in [1.165, 1.54) is 25.3 Å². The van der Waals surface area contributed by atoms with Crippen molar-refractivity contribution in [2.24, 2.45) is 0 Å². The van der Waals surface area contributed by atoms with Crippen LogP contribution in [-0.4, -0.2) is 24.0 Å². The number of halogens is 3. The van der Waals surface area contributed by atoms with E-state index in [1.807, 2.05) is 0 Å². The molecule has 5 nitrogen and oxygen atoms in total. The number of aromatic nitrogens is 1. The van der Waals surface area contributed by atoms with Crippen LogP contribution in [0.2, 0.25) is 0 Å². The van der Waals surface area contributed by atoms with Crippen LogP contribution >= 0.6 is 15.9 Å². The molecule has 3 aromatic carbocycles. The smallest absolute Gasteiger partial charge is 0.337 e. The Balaban J connectivity index is 1.85. The topological polar surface area (TPSA) is 68.3 Å². The SMILES string of the molecule is COC(=O)c1ccc(NC(=O)c2c(C)c(-c3ccccc3F)nc3ccc(Br)cc23)c(F)c1. The van der Waals surface area contributed by atoms with Crippen molar-refractivity contribution in [3.63, 3.8) is 0 Å². The molecule has 0 aliphatic rings. The molecule has 0 saturated heterocycles. The van der Waals surface area contributed by atoms with Gasteiger partial charge in [-0.05, 0) is 61.0 Å². The summed E-state index contributed by atoms with van der Waals surface area (Å²) in [5, 5.41) is 3.07. The number of fused-ring (bicyclic) bond motifs is 1. The average Bonchev–Trinajstić information content (AvgIpc) is 2.80. The predicted molar refractivity (Wildman–Crippen MR) is 125 cm³/mol. The minimum Gasteiger partial charge on any atom is -0.465 e. The molecule has 8 heteroatoms. The van der Waals surface area contributed by atoms with Crippen LogP contribution < -0.4 is 5.32 Å². The molecule has 1 amide bonds. The highest BCUT2D eigenvalue weighted by Gasteiger charge is 2.22. The minimum absolute atomic E-state index is 0.0179. The summed E-state index contributed by atoms with van der Waals surface area (Å²) >= 11 is 3.40. The number of hydrogen-bond acceptors (Lipinski definition) is 4. The fourth-order valence-electron chi connectivity index (χ4n) is 3.58. The number of benzene rings is 3. The second kappa shape index (κ2) is 9.07. The van der Waals surface area contributed by atoms with Gasteiger partial charge in [0.1, 0.15) is 11.6 Å². The Morgan fingerprint density at radius 3 is 2.45 bits per heavy atom. The number of rotatable bonds is 4. The number of nitrogens with one attached hydrogen (secondary N) is 1. The molecule has 0 aliphatic heterocycles. The van der Waals surface area contributed by atoms with Crippen LogP contribution in [-0.2, 0) is 4.74 Å². The van der Waals surface area contributed by atoms with Gasteiger partial charge in [-0.25, -0.2) is 18.6 Å². The van der Waals surface area contributed by atoms with Gasteiger partial charge in [0.2, 0.25) is 0 Å². The summed E-state index contributed by atoms with van der Waals surface area (Å²) in [6.07, 6.45) is 0. The molecule has 4 aromatic rings. The van der Waals surface area contributed by atoms with E-state index in [0.29, 0.717) is 22.2 Å². The standard InChI is InChI=1S/C25H17BrF2N2O3/c1-13-22(24(31)30-21-9-7-14(11-19(21)28)25(32)33-2)17-12-15(26)8-10-20(17)29-23(13)16-5-3-4-6-18(16)27/h3-12H,1-2H3,(H,30,31). The maximum Gasteiger partial charge on any atom is 0.337 e. The molecule has 1 heterocycles. The molecule has 0 fully saturated rings. The molecule has 33 heavy (non-hydrogen) atoms. The van der Waals surface area contributed by atoms with Gasteiger partial charge in [0.15, 0.2) is 0 Å². The number of carbonyl (C=O) groups is 2. The van der Waals surface area contributed by atoms with Crippen LogP contribution in [0.3, 0.4) is 0 Å². The summed E-state index contributed by atoms with van der Waals surface area (Å²) in [5.41, 5.74) is 1.63. The van der Waals surface area contributed by atoms with Gasteiger partial charge in [0, 0.05) is 15.4 Å². The van der Waals surface area contributed by atoms with Crippen molar-refractivity contribution >= 4 is 44.4 Å². The average molecular weight is 511 g/mol. The van der Waals surface area contributed by atoms with Crippen molar-refractivity contribution in [1.82, 2.24) is 4.98 Å². The molecule has 0 spiro atoms. The molecule has 0 unspecified atom stereocenters. The van der Waals surface area contributed by atoms with Crippen molar-refractivity contribution in [1.29, 1.82) is 0 Å². The normalized spacial score (nSPS) is 10.8. The number of nitrogens with zero attached hydrogens (tertiary/aromatic N) is 1. The van der Waals surface area contributed by atoms with E-state index in [9.17, 15) is 18.4 Å². The number of amides is 1. The van der Waals surface area contributed by atoms with Gasteiger partial charge in [-0.15, -0.1) is 0 Å². The Labute approximate surface area is 196 Å². The Hall–Kier alpha value is -3.65. The summed E-state index contributed by atoms with van der Waals surface area (Å²) in [6, 6.07) is 15.0. The first kappa shape index (κ1) is 22.5. The highest BCUT2D eigenvalue weighted by molar-refractivity contribution is 9.10.